The molecule has 1 aromatic rings. The zero-order valence-electron chi connectivity index (χ0n) is 13.4. The van der Waals surface area contributed by atoms with Gasteiger partial charge in [0.05, 0.1) is 0 Å². The van der Waals surface area contributed by atoms with Gasteiger partial charge in [0, 0.05) is 33.7 Å². The molecule has 0 aliphatic carbocycles. The summed E-state index contributed by atoms with van der Waals surface area (Å²) in [5.41, 5.74) is 0. The maximum atomic E-state index is 12.3. The van der Waals surface area contributed by atoms with Crippen molar-refractivity contribution in [2.24, 2.45) is 0 Å². The molecule has 2 amide bonds. The lowest BCUT2D eigenvalue weighted by Crippen LogP contribution is -2.59. The molecule has 1 fully saturated rings. The maximum Gasteiger partial charge on any atom is 0.260 e. The first-order valence-corrected chi connectivity index (χ1v) is 7.36. The summed E-state index contributed by atoms with van der Waals surface area (Å²) < 4.78 is 5.49. The third-order valence-electron chi connectivity index (χ3n) is 3.83. The second-order valence-electron chi connectivity index (χ2n) is 5.67. The van der Waals surface area contributed by atoms with Crippen molar-refractivity contribution in [3.8, 4) is 5.75 Å². The summed E-state index contributed by atoms with van der Waals surface area (Å²) in [6.07, 6.45) is 0. The van der Waals surface area contributed by atoms with Crippen molar-refractivity contribution in [2.45, 2.75) is 6.04 Å². The van der Waals surface area contributed by atoms with Crippen LogP contribution in [0, 0.1) is 0 Å². The van der Waals surface area contributed by atoms with Gasteiger partial charge in [0.25, 0.3) is 5.91 Å². The smallest absolute Gasteiger partial charge is 0.260 e. The molecule has 6 nitrogen and oxygen atoms in total. The Morgan fingerprint density at radius 2 is 1.91 bits per heavy atom. The van der Waals surface area contributed by atoms with E-state index in [1.165, 1.54) is 0 Å². The third kappa shape index (κ3) is 3.98. The first-order chi connectivity index (χ1) is 10.5. The number of likely N-dealkylation sites (N-methyl/N-ethyl adjacent to an activating group) is 2. The van der Waals surface area contributed by atoms with E-state index >= 15 is 0 Å². The Kier molecular flexibility index (Phi) is 5.38. The summed E-state index contributed by atoms with van der Waals surface area (Å²) in [5.74, 6) is 0.600. The Labute approximate surface area is 131 Å². The van der Waals surface area contributed by atoms with E-state index in [9.17, 15) is 9.59 Å². The van der Waals surface area contributed by atoms with Gasteiger partial charge in [-0.05, 0) is 19.2 Å². The van der Waals surface area contributed by atoms with Crippen molar-refractivity contribution in [3.63, 3.8) is 0 Å². The SMILES string of the molecule is CN(C)C(=O)C1CN(C(=O)COc2ccccc2)CCN1C. The number of benzene rings is 1. The van der Waals surface area contributed by atoms with Gasteiger partial charge in [0.2, 0.25) is 5.91 Å². The third-order valence-corrected chi connectivity index (χ3v) is 3.83. The molecule has 1 aliphatic heterocycles. The minimum atomic E-state index is -0.288. The van der Waals surface area contributed by atoms with Crippen LogP contribution in [0.15, 0.2) is 30.3 Å². The summed E-state index contributed by atoms with van der Waals surface area (Å²) in [5, 5.41) is 0. The number of ether oxygens (including phenoxy) is 1. The van der Waals surface area contributed by atoms with Crippen LogP contribution in [0.3, 0.4) is 0 Å². The molecule has 0 bridgehead atoms. The van der Waals surface area contributed by atoms with Crippen molar-refractivity contribution < 1.29 is 14.3 Å². The zero-order chi connectivity index (χ0) is 16.1. The Hall–Kier alpha value is -2.08. The van der Waals surface area contributed by atoms with E-state index in [1.807, 2.05) is 42.3 Å². The second-order valence-corrected chi connectivity index (χ2v) is 5.67. The molecule has 1 aromatic carbocycles. The van der Waals surface area contributed by atoms with Gasteiger partial charge >= 0.3 is 0 Å². The molecular weight excluding hydrogens is 282 g/mol. The number of piperazine rings is 1. The lowest BCUT2D eigenvalue weighted by atomic mass is 10.1. The molecule has 0 saturated carbocycles. The van der Waals surface area contributed by atoms with E-state index in [4.69, 9.17) is 4.74 Å². The van der Waals surface area contributed by atoms with Gasteiger partial charge in [-0.3, -0.25) is 14.5 Å². The number of carbonyl (C=O) groups is 2. The molecule has 22 heavy (non-hydrogen) atoms. The monoisotopic (exact) mass is 305 g/mol. The normalized spacial score (nSPS) is 18.9. The van der Waals surface area contributed by atoms with Gasteiger partial charge in [-0.2, -0.15) is 0 Å². The Bertz CT molecular complexity index is 519. The zero-order valence-corrected chi connectivity index (χ0v) is 13.4. The Morgan fingerprint density at radius 1 is 1.23 bits per heavy atom. The average Bonchev–Trinajstić information content (AvgIpc) is 2.53. The standard InChI is InChI=1S/C16H23N3O3/c1-17(2)16(21)14-11-19(10-9-18(14)3)15(20)12-22-13-7-5-4-6-8-13/h4-8,14H,9-12H2,1-3H3. The predicted octanol–water partition coefficient (Wildman–Crippen LogP) is 0.296. The van der Waals surface area contributed by atoms with Crippen molar-refractivity contribution in [3.05, 3.63) is 30.3 Å². The van der Waals surface area contributed by atoms with E-state index in [0.717, 1.165) is 0 Å². The lowest BCUT2D eigenvalue weighted by Gasteiger charge is -2.39. The van der Waals surface area contributed by atoms with Crippen LogP contribution in [0.4, 0.5) is 0 Å². The molecule has 0 radical (unpaired) electrons. The predicted molar refractivity (Wildman–Crippen MR) is 83.6 cm³/mol. The van der Waals surface area contributed by atoms with Crippen LogP contribution in [-0.2, 0) is 9.59 Å². The average molecular weight is 305 g/mol. The molecule has 1 saturated heterocycles. The topological polar surface area (TPSA) is 53.1 Å². The van der Waals surface area contributed by atoms with Crippen molar-refractivity contribution in [2.75, 3.05) is 47.4 Å². The van der Waals surface area contributed by atoms with Gasteiger partial charge in [-0.15, -0.1) is 0 Å². The molecule has 6 heteroatoms. The highest BCUT2D eigenvalue weighted by Gasteiger charge is 2.33. The molecule has 0 N–H and O–H groups in total. The molecular formula is C16H23N3O3. The minimum absolute atomic E-state index is 0.00337. The lowest BCUT2D eigenvalue weighted by molar-refractivity contribution is -0.142. The molecule has 0 aromatic heterocycles. The first kappa shape index (κ1) is 16.3. The number of rotatable bonds is 4. The Morgan fingerprint density at radius 3 is 2.55 bits per heavy atom. The summed E-state index contributed by atoms with van der Waals surface area (Å²) in [6.45, 7) is 1.70. The van der Waals surface area contributed by atoms with E-state index in [0.29, 0.717) is 25.4 Å². The van der Waals surface area contributed by atoms with Gasteiger partial charge < -0.3 is 14.5 Å². The number of amides is 2. The number of hydrogen-bond donors (Lipinski definition) is 0. The van der Waals surface area contributed by atoms with Crippen molar-refractivity contribution >= 4 is 11.8 Å². The van der Waals surface area contributed by atoms with E-state index in [2.05, 4.69) is 0 Å². The number of carbonyl (C=O) groups excluding carboxylic acids is 2. The second kappa shape index (κ2) is 7.26. The highest BCUT2D eigenvalue weighted by atomic mass is 16.5. The van der Waals surface area contributed by atoms with Crippen molar-refractivity contribution in [1.82, 2.24) is 14.7 Å². The first-order valence-electron chi connectivity index (χ1n) is 7.36. The fourth-order valence-corrected chi connectivity index (χ4v) is 2.42. The summed E-state index contributed by atoms with van der Waals surface area (Å²) >= 11 is 0. The number of para-hydroxylation sites is 1. The van der Waals surface area contributed by atoms with Gasteiger partial charge in [0.1, 0.15) is 11.8 Å². The van der Waals surface area contributed by atoms with Crippen LogP contribution in [0.25, 0.3) is 0 Å². The van der Waals surface area contributed by atoms with Gasteiger partial charge in [-0.1, -0.05) is 18.2 Å². The number of nitrogens with zero attached hydrogens (tertiary/aromatic N) is 3. The van der Waals surface area contributed by atoms with Crippen LogP contribution in [0.2, 0.25) is 0 Å². The van der Waals surface area contributed by atoms with E-state index in [-0.39, 0.29) is 24.5 Å². The molecule has 1 heterocycles. The molecule has 0 spiro atoms. The quantitative estimate of drug-likeness (QED) is 0.803. The van der Waals surface area contributed by atoms with Crippen LogP contribution in [-0.4, -0.2) is 79.9 Å². The van der Waals surface area contributed by atoms with E-state index in [1.54, 1.807) is 23.9 Å². The summed E-state index contributed by atoms with van der Waals surface area (Å²) in [7, 11) is 5.37. The highest BCUT2D eigenvalue weighted by molar-refractivity contribution is 5.84. The van der Waals surface area contributed by atoms with Crippen molar-refractivity contribution in [1.29, 1.82) is 0 Å². The Balaban J connectivity index is 1.91. The van der Waals surface area contributed by atoms with Crippen LogP contribution < -0.4 is 4.74 Å². The molecule has 1 atom stereocenters. The fraction of sp³-hybridized carbons (Fsp3) is 0.500. The maximum absolute atomic E-state index is 12.3. The summed E-state index contributed by atoms with van der Waals surface area (Å²) in [4.78, 5) is 29.7. The summed E-state index contributed by atoms with van der Waals surface area (Å²) in [6, 6.07) is 8.96. The van der Waals surface area contributed by atoms with Crippen LogP contribution in [0.1, 0.15) is 0 Å². The highest BCUT2D eigenvalue weighted by Crippen LogP contribution is 2.12. The fourth-order valence-electron chi connectivity index (χ4n) is 2.42. The number of hydrogen-bond acceptors (Lipinski definition) is 4. The van der Waals surface area contributed by atoms with E-state index < -0.39 is 0 Å². The van der Waals surface area contributed by atoms with Gasteiger partial charge in [-0.25, -0.2) is 0 Å². The van der Waals surface area contributed by atoms with Crippen LogP contribution in [0.5, 0.6) is 5.75 Å². The minimum Gasteiger partial charge on any atom is -0.484 e. The molecule has 1 unspecified atom stereocenters. The van der Waals surface area contributed by atoms with Crippen LogP contribution >= 0.6 is 0 Å². The largest absolute Gasteiger partial charge is 0.484 e. The molecule has 120 valence electrons. The van der Waals surface area contributed by atoms with Gasteiger partial charge in [0.15, 0.2) is 6.61 Å². The molecule has 2 rings (SSSR count). The molecule has 1 aliphatic rings.